The summed E-state index contributed by atoms with van der Waals surface area (Å²) in [6.07, 6.45) is 0. The zero-order valence-electron chi connectivity index (χ0n) is 11.4. The molecule has 1 aliphatic rings. The number of benzene rings is 1. The summed E-state index contributed by atoms with van der Waals surface area (Å²) >= 11 is 2.08. The maximum atomic E-state index is 5.29. The number of hydrogen-bond acceptors (Lipinski definition) is 3. The molecular formula is C15H23NOS. The number of ether oxygens (including phenoxy) is 1. The van der Waals surface area contributed by atoms with Gasteiger partial charge in [0.25, 0.3) is 0 Å². The molecule has 0 saturated carbocycles. The van der Waals surface area contributed by atoms with E-state index in [4.69, 9.17) is 4.74 Å². The lowest BCUT2D eigenvalue weighted by Crippen LogP contribution is -2.38. The molecule has 1 N–H and O–H groups in total. The maximum absolute atomic E-state index is 5.29. The Balaban J connectivity index is 2.10. The molecule has 1 saturated heterocycles. The van der Waals surface area contributed by atoms with Gasteiger partial charge in [-0.2, -0.15) is 0 Å². The Hall–Kier alpha value is -0.510. The van der Waals surface area contributed by atoms with Crippen LogP contribution in [0.2, 0.25) is 0 Å². The van der Waals surface area contributed by atoms with E-state index in [0.29, 0.717) is 22.5 Å². The summed E-state index contributed by atoms with van der Waals surface area (Å²) in [7, 11) is 2.06. The van der Waals surface area contributed by atoms with Crippen molar-refractivity contribution in [3.63, 3.8) is 0 Å². The van der Waals surface area contributed by atoms with E-state index in [1.807, 2.05) is 0 Å². The summed E-state index contributed by atoms with van der Waals surface area (Å²) in [5.41, 5.74) is 1.38. The molecular weight excluding hydrogens is 242 g/mol. The van der Waals surface area contributed by atoms with Gasteiger partial charge in [-0.1, -0.05) is 44.2 Å². The third kappa shape index (κ3) is 3.28. The molecule has 0 spiro atoms. The first-order valence-electron chi connectivity index (χ1n) is 6.67. The van der Waals surface area contributed by atoms with Crippen molar-refractivity contribution in [1.29, 1.82) is 0 Å². The van der Waals surface area contributed by atoms with Gasteiger partial charge in [0.15, 0.2) is 0 Å². The van der Waals surface area contributed by atoms with Gasteiger partial charge >= 0.3 is 0 Å². The SMILES string of the molecule is CNC(c1ccccc1)C(SC1COC1)C(C)C. The lowest BCUT2D eigenvalue weighted by atomic mass is 9.96. The number of rotatable bonds is 6. The van der Waals surface area contributed by atoms with Crippen molar-refractivity contribution < 1.29 is 4.74 Å². The largest absolute Gasteiger partial charge is 0.379 e. The van der Waals surface area contributed by atoms with Crippen LogP contribution in [-0.2, 0) is 4.74 Å². The third-order valence-corrected chi connectivity index (χ3v) is 5.20. The standard InChI is InChI=1S/C15H23NOS/c1-11(2)15(18-13-9-17-10-13)14(16-3)12-7-5-4-6-8-12/h4-8,11,13-16H,9-10H2,1-3H3. The van der Waals surface area contributed by atoms with E-state index < -0.39 is 0 Å². The molecule has 0 amide bonds. The second-order valence-corrected chi connectivity index (χ2v) is 6.66. The summed E-state index contributed by atoms with van der Waals surface area (Å²) < 4.78 is 5.29. The average molecular weight is 265 g/mol. The minimum Gasteiger partial charge on any atom is -0.379 e. The van der Waals surface area contributed by atoms with E-state index >= 15 is 0 Å². The Bertz CT molecular complexity index is 351. The Kier molecular flexibility index (Phi) is 5.10. The first-order valence-corrected chi connectivity index (χ1v) is 7.62. The van der Waals surface area contributed by atoms with Crippen LogP contribution >= 0.6 is 11.8 Å². The number of nitrogens with one attached hydrogen (secondary N) is 1. The van der Waals surface area contributed by atoms with Crippen molar-refractivity contribution in [3.05, 3.63) is 35.9 Å². The van der Waals surface area contributed by atoms with Gasteiger partial charge in [-0.25, -0.2) is 0 Å². The number of thioether (sulfide) groups is 1. The second kappa shape index (κ2) is 6.60. The molecule has 1 aliphatic heterocycles. The summed E-state index contributed by atoms with van der Waals surface area (Å²) in [5, 5.41) is 4.76. The van der Waals surface area contributed by atoms with Gasteiger partial charge in [-0.05, 0) is 18.5 Å². The minimum absolute atomic E-state index is 0.414. The van der Waals surface area contributed by atoms with Crippen molar-refractivity contribution >= 4 is 11.8 Å². The van der Waals surface area contributed by atoms with Crippen molar-refractivity contribution in [2.75, 3.05) is 20.3 Å². The van der Waals surface area contributed by atoms with Gasteiger partial charge in [0, 0.05) is 11.3 Å². The van der Waals surface area contributed by atoms with E-state index in [-0.39, 0.29) is 0 Å². The summed E-state index contributed by atoms with van der Waals surface area (Å²) in [4.78, 5) is 0. The summed E-state index contributed by atoms with van der Waals surface area (Å²) in [6.45, 7) is 6.45. The van der Waals surface area contributed by atoms with Crippen LogP contribution in [0.1, 0.15) is 25.5 Å². The van der Waals surface area contributed by atoms with E-state index in [0.717, 1.165) is 13.2 Å². The zero-order valence-corrected chi connectivity index (χ0v) is 12.2. The second-order valence-electron chi connectivity index (χ2n) is 5.18. The monoisotopic (exact) mass is 265 g/mol. The van der Waals surface area contributed by atoms with Crippen LogP contribution in [0.4, 0.5) is 0 Å². The Morgan fingerprint density at radius 1 is 1.22 bits per heavy atom. The molecule has 1 fully saturated rings. The fourth-order valence-electron chi connectivity index (χ4n) is 2.32. The van der Waals surface area contributed by atoms with Gasteiger partial charge < -0.3 is 10.1 Å². The van der Waals surface area contributed by atoms with E-state index in [2.05, 4.69) is 68.3 Å². The Labute approximate surface area is 114 Å². The fraction of sp³-hybridized carbons (Fsp3) is 0.600. The van der Waals surface area contributed by atoms with Crippen LogP contribution in [-0.4, -0.2) is 30.8 Å². The molecule has 0 radical (unpaired) electrons. The summed E-state index contributed by atoms with van der Waals surface area (Å²) in [5.74, 6) is 0.647. The van der Waals surface area contributed by atoms with Gasteiger partial charge in [0.1, 0.15) is 0 Å². The molecule has 2 unspecified atom stereocenters. The average Bonchev–Trinajstić information content (AvgIpc) is 2.33. The molecule has 2 rings (SSSR count). The van der Waals surface area contributed by atoms with Crippen molar-refractivity contribution in [1.82, 2.24) is 5.32 Å². The van der Waals surface area contributed by atoms with Crippen molar-refractivity contribution in [2.45, 2.75) is 30.4 Å². The van der Waals surface area contributed by atoms with Crippen LogP contribution in [0.3, 0.4) is 0 Å². The normalized spacial score (nSPS) is 19.6. The molecule has 1 aromatic carbocycles. The molecule has 3 heteroatoms. The zero-order chi connectivity index (χ0) is 13.0. The van der Waals surface area contributed by atoms with Gasteiger partial charge in [0.2, 0.25) is 0 Å². The third-order valence-electron chi connectivity index (χ3n) is 3.41. The molecule has 0 bridgehead atoms. The van der Waals surface area contributed by atoms with Gasteiger partial charge in [0.05, 0.1) is 18.5 Å². The quantitative estimate of drug-likeness (QED) is 0.854. The summed E-state index contributed by atoms with van der Waals surface area (Å²) in [6, 6.07) is 11.2. The molecule has 0 aliphatic carbocycles. The molecule has 2 atom stereocenters. The first-order chi connectivity index (χ1) is 8.72. The lowest BCUT2D eigenvalue weighted by molar-refractivity contribution is 0.0450. The van der Waals surface area contributed by atoms with Crippen LogP contribution < -0.4 is 5.32 Å². The smallest absolute Gasteiger partial charge is 0.0608 e. The Morgan fingerprint density at radius 2 is 1.89 bits per heavy atom. The van der Waals surface area contributed by atoms with Crippen LogP contribution in [0.15, 0.2) is 30.3 Å². The number of hydrogen-bond donors (Lipinski definition) is 1. The van der Waals surface area contributed by atoms with Crippen molar-refractivity contribution in [2.24, 2.45) is 5.92 Å². The maximum Gasteiger partial charge on any atom is 0.0608 e. The van der Waals surface area contributed by atoms with Gasteiger partial charge in [-0.15, -0.1) is 11.8 Å². The topological polar surface area (TPSA) is 21.3 Å². The highest BCUT2D eigenvalue weighted by Crippen LogP contribution is 2.36. The van der Waals surface area contributed by atoms with Crippen LogP contribution in [0.5, 0.6) is 0 Å². The predicted octanol–water partition coefficient (Wildman–Crippen LogP) is 3.10. The Morgan fingerprint density at radius 3 is 2.33 bits per heavy atom. The van der Waals surface area contributed by atoms with E-state index in [1.54, 1.807) is 0 Å². The highest BCUT2D eigenvalue weighted by molar-refractivity contribution is 8.00. The molecule has 0 aromatic heterocycles. The lowest BCUT2D eigenvalue weighted by Gasteiger charge is -2.35. The van der Waals surface area contributed by atoms with E-state index in [1.165, 1.54) is 5.56 Å². The molecule has 1 aromatic rings. The fourth-order valence-corrected chi connectivity index (χ4v) is 3.88. The molecule has 1 heterocycles. The molecule has 2 nitrogen and oxygen atoms in total. The highest BCUT2D eigenvalue weighted by Gasteiger charge is 2.31. The minimum atomic E-state index is 0.414. The predicted molar refractivity (Wildman–Crippen MR) is 79.1 cm³/mol. The van der Waals surface area contributed by atoms with Crippen LogP contribution in [0.25, 0.3) is 0 Å². The first kappa shape index (κ1) is 13.9. The molecule has 100 valence electrons. The van der Waals surface area contributed by atoms with E-state index in [9.17, 15) is 0 Å². The molecule has 18 heavy (non-hydrogen) atoms. The van der Waals surface area contributed by atoms with Crippen LogP contribution in [0, 0.1) is 5.92 Å². The van der Waals surface area contributed by atoms with Crippen molar-refractivity contribution in [3.8, 4) is 0 Å². The highest BCUT2D eigenvalue weighted by atomic mass is 32.2. The van der Waals surface area contributed by atoms with Gasteiger partial charge in [-0.3, -0.25) is 0 Å².